The van der Waals surface area contributed by atoms with E-state index in [2.05, 4.69) is 5.32 Å². The molecule has 0 saturated heterocycles. The van der Waals surface area contributed by atoms with E-state index < -0.39 is 22.8 Å². The van der Waals surface area contributed by atoms with E-state index in [9.17, 15) is 19.7 Å². The van der Waals surface area contributed by atoms with Crippen molar-refractivity contribution in [2.24, 2.45) is 5.92 Å². The van der Waals surface area contributed by atoms with E-state index in [0.717, 1.165) is 0 Å². The van der Waals surface area contributed by atoms with E-state index in [-0.39, 0.29) is 29.3 Å². The van der Waals surface area contributed by atoms with Gasteiger partial charge in [0.1, 0.15) is 11.7 Å². The fourth-order valence-corrected chi connectivity index (χ4v) is 2.05. The molecule has 1 atom stereocenters. The van der Waals surface area contributed by atoms with Gasteiger partial charge in [-0.2, -0.15) is 0 Å². The van der Waals surface area contributed by atoms with E-state index in [1.165, 1.54) is 12.1 Å². The van der Waals surface area contributed by atoms with Crippen molar-refractivity contribution in [3.8, 4) is 0 Å². The number of nitrogens with zero attached hydrogens (tertiary/aromatic N) is 1. The molecule has 1 amide bonds. The van der Waals surface area contributed by atoms with Gasteiger partial charge in [0.2, 0.25) is 0 Å². The number of carboxylic acid groups (broad SMARTS) is 1. The van der Waals surface area contributed by atoms with Crippen molar-refractivity contribution in [2.75, 3.05) is 5.73 Å². The van der Waals surface area contributed by atoms with Crippen LogP contribution < -0.4 is 11.1 Å². The molecule has 1 aromatic rings. The van der Waals surface area contributed by atoms with Crippen LogP contribution in [0.15, 0.2) is 12.1 Å². The molecular weight excluding hydrogens is 290 g/mol. The first kappa shape index (κ1) is 17.4. The van der Waals surface area contributed by atoms with Crippen LogP contribution in [-0.4, -0.2) is 27.9 Å². The first-order valence-electron chi connectivity index (χ1n) is 6.71. The van der Waals surface area contributed by atoms with Gasteiger partial charge < -0.3 is 16.2 Å². The Bertz CT molecular complexity index is 613. The van der Waals surface area contributed by atoms with E-state index in [0.29, 0.717) is 5.56 Å². The maximum Gasteiger partial charge on any atom is 0.326 e. The van der Waals surface area contributed by atoms with Crippen molar-refractivity contribution in [3.63, 3.8) is 0 Å². The quantitative estimate of drug-likeness (QED) is 0.416. The van der Waals surface area contributed by atoms with Crippen LogP contribution in [0.3, 0.4) is 0 Å². The third-order valence-corrected chi connectivity index (χ3v) is 3.05. The molecule has 4 N–H and O–H groups in total. The highest BCUT2D eigenvalue weighted by Gasteiger charge is 2.25. The number of nitro groups is 1. The van der Waals surface area contributed by atoms with Crippen molar-refractivity contribution in [2.45, 2.75) is 33.2 Å². The maximum atomic E-state index is 12.2. The molecule has 0 spiro atoms. The minimum atomic E-state index is -1.16. The maximum absolute atomic E-state index is 12.2. The zero-order chi connectivity index (χ0) is 17.0. The van der Waals surface area contributed by atoms with Crippen molar-refractivity contribution >= 4 is 23.3 Å². The summed E-state index contributed by atoms with van der Waals surface area (Å²) in [6.07, 6.45) is 0.245. The lowest BCUT2D eigenvalue weighted by molar-refractivity contribution is -0.384. The number of nitro benzene ring substituents is 1. The molecule has 1 aromatic carbocycles. The molecule has 1 rings (SSSR count). The van der Waals surface area contributed by atoms with E-state index in [1.54, 1.807) is 6.92 Å². The molecule has 0 aliphatic rings. The molecule has 0 unspecified atom stereocenters. The summed E-state index contributed by atoms with van der Waals surface area (Å²) in [5, 5.41) is 22.4. The van der Waals surface area contributed by atoms with Crippen LogP contribution in [0, 0.1) is 23.0 Å². The molecule has 0 bridgehead atoms. The fraction of sp³-hybridized carbons (Fsp3) is 0.429. The van der Waals surface area contributed by atoms with Gasteiger partial charge in [0.25, 0.3) is 11.6 Å². The number of aryl methyl sites for hydroxylation is 1. The summed E-state index contributed by atoms with van der Waals surface area (Å²) in [5.74, 6) is -1.84. The number of amides is 1. The lowest BCUT2D eigenvalue weighted by Gasteiger charge is -2.17. The Hall–Kier alpha value is -2.64. The lowest BCUT2D eigenvalue weighted by Crippen LogP contribution is -2.41. The average molecular weight is 309 g/mol. The number of nitrogens with two attached hydrogens (primary N) is 1. The lowest BCUT2D eigenvalue weighted by atomic mass is 10.0. The van der Waals surface area contributed by atoms with Gasteiger partial charge in [-0.15, -0.1) is 0 Å². The van der Waals surface area contributed by atoms with E-state index >= 15 is 0 Å². The average Bonchev–Trinajstić information content (AvgIpc) is 2.39. The van der Waals surface area contributed by atoms with Gasteiger partial charge in [0.05, 0.1) is 10.5 Å². The molecule has 0 aliphatic carbocycles. The number of hydrogen-bond donors (Lipinski definition) is 3. The van der Waals surface area contributed by atoms with Gasteiger partial charge in [-0.25, -0.2) is 4.79 Å². The predicted molar refractivity (Wildman–Crippen MR) is 80.6 cm³/mol. The second-order valence-corrected chi connectivity index (χ2v) is 5.50. The van der Waals surface area contributed by atoms with Crippen molar-refractivity contribution in [1.29, 1.82) is 0 Å². The first-order chi connectivity index (χ1) is 10.1. The highest BCUT2D eigenvalue weighted by Crippen LogP contribution is 2.27. The summed E-state index contributed by atoms with van der Waals surface area (Å²) in [6.45, 7) is 5.24. The number of nitrogens with one attached hydrogen (secondary N) is 1. The Morgan fingerprint density at radius 2 is 2.00 bits per heavy atom. The Morgan fingerprint density at radius 3 is 2.45 bits per heavy atom. The van der Waals surface area contributed by atoms with Gasteiger partial charge >= 0.3 is 5.97 Å². The summed E-state index contributed by atoms with van der Waals surface area (Å²) in [5.41, 5.74) is 5.40. The molecule has 0 heterocycles. The fourth-order valence-electron chi connectivity index (χ4n) is 2.05. The minimum Gasteiger partial charge on any atom is -0.480 e. The van der Waals surface area contributed by atoms with Crippen LogP contribution in [0.25, 0.3) is 0 Å². The zero-order valence-electron chi connectivity index (χ0n) is 12.6. The zero-order valence-corrected chi connectivity index (χ0v) is 12.6. The number of anilines is 1. The number of benzene rings is 1. The second kappa shape index (κ2) is 6.88. The molecule has 8 nitrogen and oxygen atoms in total. The van der Waals surface area contributed by atoms with Crippen molar-refractivity contribution in [1.82, 2.24) is 5.32 Å². The van der Waals surface area contributed by atoms with Crippen LogP contribution in [0.1, 0.15) is 36.2 Å². The highest BCUT2D eigenvalue weighted by atomic mass is 16.6. The summed E-state index contributed by atoms with van der Waals surface area (Å²) in [4.78, 5) is 33.6. The van der Waals surface area contributed by atoms with Gasteiger partial charge in [-0.05, 0) is 30.9 Å². The molecule has 0 saturated carbocycles. The number of carbonyl (C=O) groups excluding carboxylic acids is 1. The Balaban J connectivity index is 3.12. The van der Waals surface area contributed by atoms with Gasteiger partial charge in [-0.3, -0.25) is 14.9 Å². The molecule has 8 heteroatoms. The van der Waals surface area contributed by atoms with Gasteiger partial charge in [0.15, 0.2) is 0 Å². The number of rotatable bonds is 6. The van der Waals surface area contributed by atoms with Crippen LogP contribution >= 0.6 is 0 Å². The monoisotopic (exact) mass is 309 g/mol. The summed E-state index contributed by atoms with van der Waals surface area (Å²) < 4.78 is 0. The molecule has 22 heavy (non-hydrogen) atoms. The first-order valence-corrected chi connectivity index (χ1v) is 6.71. The molecule has 0 fully saturated rings. The summed E-state index contributed by atoms with van der Waals surface area (Å²) in [7, 11) is 0. The molecule has 0 aliphatic heterocycles. The predicted octanol–water partition coefficient (Wildman–Crippen LogP) is 1.71. The third kappa shape index (κ3) is 4.18. The van der Waals surface area contributed by atoms with E-state index in [4.69, 9.17) is 10.8 Å². The van der Waals surface area contributed by atoms with Crippen LogP contribution in [0.4, 0.5) is 11.4 Å². The Labute approximate surface area is 127 Å². The molecular formula is C14H19N3O5. The number of aliphatic carboxylic acids is 1. The van der Waals surface area contributed by atoms with Crippen LogP contribution in [0.2, 0.25) is 0 Å². The third-order valence-electron chi connectivity index (χ3n) is 3.05. The smallest absolute Gasteiger partial charge is 0.326 e. The Kier molecular flexibility index (Phi) is 5.44. The summed E-state index contributed by atoms with van der Waals surface area (Å²) >= 11 is 0. The number of nitrogen functional groups attached to an aromatic ring is 1. The number of carbonyl (C=O) groups is 2. The van der Waals surface area contributed by atoms with Crippen LogP contribution in [0.5, 0.6) is 0 Å². The van der Waals surface area contributed by atoms with Crippen molar-refractivity contribution < 1.29 is 19.6 Å². The molecule has 0 radical (unpaired) electrons. The SMILES string of the molecule is Cc1cc(C(=O)N[C@H](CC(C)C)C(=O)O)c(N)c([N+](=O)[O-])c1. The van der Waals surface area contributed by atoms with E-state index in [1.807, 2.05) is 13.8 Å². The minimum absolute atomic E-state index is 0.0607. The largest absolute Gasteiger partial charge is 0.480 e. The highest BCUT2D eigenvalue weighted by molar-refractivity contribution is 6.02. The topological polar surface area (TPSA) is 136 Å². The molecule has 120 valence electrons. The van der Waals surface area contributed by atoms with Crippen molar-refractivity contribution in [3.05, 3.63) is 33.4 Å². The second-order valence-electron chi connectivity index (χ2n) is 5.50. The summed E-state index contributed by atoms with van der Waals surface area (Å²) in [6, 6.07) is 1.58. The number of hydrogen-bond acceptors (Lipinski definition) is 5. The number of carboxylic acids is 1. The standard InChI is InChI=1S/C14H19N3O5/c1-7(2)4-10(14(19)20)16-13(18)9-5-8(3)6-11(12(9)15)17(21)22/h5-7,10H,4,15H2,1-3H3,(H,16,18)(H,19,20)/t10-/m1/s1. The normalized spacial score (nSPS) is 12.0. The molecule has 0 aromatic heterocycles. The van der Waals surface area contributed by atoms with Gasteiger partial charge in [0, 0.05) is 6.07 Å². The van der Waals surface area contributed by atoms with Gasteiger partial charge in [-0.1, -0.05) is 13.8 Å². The van der Waals surface area contributed by atoms with Crippen LogP contribution in [-0.2, 0) is 4.79 Å². The Morgan fingerprint density at radius 1 is 1.41 bits per heavy atom.